The number of halogens is 1. The number of nitrogens with zero attached hydrogens (tertiary/aromatic N) is 1. The molecule has 1 atom stereocenters. The SMILES string of the molecule is CCNC(CC)c1ccc(Oc2ccc(Br)c(C)c2)cn1. The monoisotopic (exact) mass is 348 g/mol. The van der Waals surface area contributed by atoms with Crippen molar-refractivity contribution >= 4 is 15.9 Å². The van der Waals surface area contributed by atoms with E-state index in [2.05, 4.69) is 40.1 Å². The molecule has 0 saturated heterocycles. The van der Waals surface area contributed by atoms with Gasteiger partial charge in [-0.25, -0.2) is 0 Å². The molecule has 1 N–H and O–H groups in total. The molecule has 1 heterocycles. The number of aryl methyl sites for hydroxylation is 1. The molecule has 0 radical (unpaired) electrons. The van der Waals surface area contributed by atoms with Gasteiger partial charge in [-0.2, -0.15) is 0 Å². The first-order valence-electron chi connectivity index (χ1n) is 7.27. The zero-order chi connectivity index (χ0) is 15.2. The van der Waals surface area contributed by atoms with Crippen LogP contribution in [0.25, 0.3) is 0 Å². The van der Waals surface area contributed by atoms with Crippen molar-refractivity contribution in [2.24, 2.45) is 0 Å². The van der Waals surface area contributed by atoms with Crippen molar-refractivity contribution in [2.75, 3.05) is 6.54 Å². The molecular weight excluding hydrogens is 328 g/mol. The largest absolute Gasteiger partial charge is 0.456 e. The summed E-state index contributed by atoms with van der Waals surface area (Å²) in [7, 11) is 0. The Balaban J connectivity index is 2.09. The molecule has 0 aliphatic carbocycles. The summed E-state index contributed by atoms with van der Waals surface area (Å²) >= 11 is 3.49. The van der Waals surface area contributed by atoms with Crippen molar-refractivity contribution < 1.29 is 4.74 Å². The quantitative estimate of drug-likeness (QED) is 0.796. The lowest BCUT2D eigenvalue weighted by Gasteiger charge is -2.15. The second-order valence-electron chi connectivity index (χ2n) is 4.95. The average Bonchev–Trinajstić information content (AvgIpc) is 2.49. The Morgan fingerprint density at radius 1 is 1.19 bits per heavy atom. The molecule has 0 saturated carbocycles. The first-order valence-corrected chi connectivity index (χ1v) is 8.06. The highest BCUT2D eigenvalue weighted by atomic mass is 79.9. The van der Waals surface area contributed by atoms with E-state index in [9.17, 15) is 0 Å². The van der Waals surface area contributed by atoms with Crippen LogP contribution in [0.3, 0.4) is 0 Å². The van der Waals surface area contributed by atoms with Gasteiger partial charge in [0.15, 0.2) is 0 Å². The lowest BCUT2D eigenvalue weighted by molar-refractivity contribution is 0.475. The summed E-state index contributed by atoms with van der Waals surface area (Å²) in [6.07, 6.45) is 2.81. The maximum Gasteiger partial charge on any atom is 0.145 e. The highest BCUT2D eigenvalue weighted by molar-refractivity contribution is 9.10. The molecule has 4 heteroatoms. The minimum Gasteiger partial charge on any atom is -0.456 e. The number of nitrogens with one attached hydrogen (secondary N) is 1. The molecule has 0 aliphatic rings. The van der Waals surface area contributed by atoms with Crippen LogP contribution in [-0.4, -0.2) is 11.5 Å². The van der Waals surface area contributed by atoms with Gasteiger partial charge < -0.3 is 10.1 Å². The molecule has 0 fully saturated rings. The summed E-state index contributed by atoms with van der Waals surface area (Å²) in [6.45, 7) is 7.25. The molecule has 1 unspecified atom stereocenters. The van der Waals surface area contributed by atoms with E-state index in [4.69, 9.17) is 4.74 Å². The number of hydrogen-bond donors (Lipinski definition) is 1. The first-order chi connectivity index (χ1) is 10.1. The Hall–Kier alpha value is -1.39. The summed E-state index contributed by atoms with van der Waals surface area (Å²) < 4.78 is 6.92. The van der Waals surface area contributed by atoms with Crippen molar-refractivity contribution in [3.05, 3.63) is 52.3 Å². The predicted octanol–water partition coefficient (Wildman–Crippen LogP) is 5.01. The van der Waals surface area contributed by atoms with Gasteiger partial charge in [0.25, 0.3) is 0 Å². The van der Waals surface area contributed by atoms with Gasteiger partial charge in [0.05, 0.1) is 11.9 Å². The zero-order valence-corrected chi connectivity index (χ0v) is 14.3. The molecule has 2 rings (SSSR count). The lowest BCUT2D eigenvalue weighted by atomic mass is 10.1. The first kappa shape index (κ1) is 16.0. The minimum absolute atomic E-state index is 0.305. The standard InChI is InChI=1S/C17H21BrN2O/c1-4-16(19-5-2)17-9-7-14(11-20-17)21-13-6-8-15(18)12(3)10-13/h6-11,16,19H,4-5H2,1-3H3. The fourth-order valence-electron chi connectivity index (χ4n) is 2.18. The van der Waals surface area contributed by atoms with Crippen molar-refractivity contribution in [3.63, 3.8) is 0 Å². The van der Waals surface area contributed by atoms with E-state index in [0.29, 0.717) is 6.04 Å². The van der Waals surface area contributed by atoms with Crippen LogP contribution in [0.1, 0.15) is 37.6 Å². The van der Waals surface area contributed by atoms with E-state index in [0.717, 1.165) is 40.2 Å². The molecule has 1 aromatic heterocycles. The van der Waals surface area contributed by atoms with Crippen molar-refractivity contribution in [2.45, 2.75) is 33.2 Å². The topological polar surface area (TPSA) is 34.1 Å². The number of pyridine rings is 1. The van der Waals surface area contributed by atoms with Gasteiger partial charge in [0.2, 0.25) is 0 Å². The van der Waals surface area contributed by atoms with E-state index >= 15 is 0 Å². The number of rotatable bonds is 6. The van der Waals surface area contributed by atoms with Gasteiger partial charge in [0, 0.05) is 10.5 Å². The second kappa shape index (κ2) is 7.57. The van der Waals surface area contributed by atoms with E-state index < -0.39 is 0 Å². The summed E-state index contributed by atoms with van der Waals surface area (Å²) in [5.41, 5.74) is 2.20. The number of aromatic nitrogens is 1. The Labute approximate surface area is 134 Å². The van der Waals surface area contributed by atoms with Gasteiger partial charge in [0.1, 0.15) is 11.5 Å². The molecule has 0 amide bonds. The summed E-state index contributed by atoms with van der Waals surface area (Å²) in [4.78, 5) is 4.51. The van der Waals surface area contributed by atoms with Crippen LogP contribution in [0.4, 0.5) is 0 Å². The number of ether oxygens (including phenoxy) is 1. The third kappa shape index (κ3) is 4.29. The van der Waals surface area contributed by atoms with Gasteiger partial charge in [-0.05, 0) is 55.8 Å². The fraction of sp³-hybridized carbons (Fsp3) is 0.353. The number of benzene rings is 1. The maximum atomic E-state index is 5.84. The molecule has 3 nitrogen and oxygen atoms in total. The van der Waals surface area contributed by atoms with Crippen molar-refractivity contribution in [1.29, 1.82) is 0 Å². The van der Waals surface area contributed by atoms with Gasteiger partial charge in [-0.1, -0.05) is 29.8 Å². The molecule has 21 heavy (non-hydrogen) atoms. The van der Waals surface area contributed by atoms with Gasteiger partial charge >= 0.3 is 0 Å². The zero-order valence-electron chi connectivity index (χ0n) is 12.7. The van der Waals surface area contributed by atoms with Crippen LogP contribution >= 0.6 is 15.9 Å². The third-order valence-electron chi connectivity index (χ3n) is 3.34. The summed E-state index contributed by atoms with van der Waals surface area (Å²) in [5, 5.41) is 3.42. The Morgan fingerprint density at radius 2 is 1.95 bits per heavy atom. The van der Waals surface area contributed by atoms with E-state index in [1.54, 1.807) is 6.20 Å². The lowest BCUT2D eigenvalue weighted by Crippen LogP contribution is -2.20. The molecular formula is C17H21BrN2O. The van der Waals surface area contributed by atoms with Crippen LogP contribution in [-0.2, 0) is 0 Å². The van der Waals surface area contributed by atoms with E-state index in [-0.39, 0.29) is 0 Å². The van der Waals surface area contributed by atoms with Crippen LogP contribution in [0.15, 0.2) is 41.0 Å². The summed E-state index contributed by atoms with van der Waals surface area (Å²) in [5.74, 6) is 1.58. The van der Waals surface area contributed by atoms with Crippen molar-refractivity contribution in [3.8, 4) is 11.5 Å². The molecule has 1 aromatic carbocycles. The third-order valence-corrected chi connectivity index (χ3v) is 4.23. The van der Waals surface area contributed by atoms with E-state index in [1.165, 1.54) is 0 Å². The molecule has 2 aromatic rings. The fourth-order valence-corrected chi connectivity index (χ4v) is 2.43. The highest BCUT2D eigenvalue weighted by Gasteiger charge is 2.09. The van der Waals surface area contributed by atoms with Crippen LogP contribution < -0.4 is 10.1 Å². The smallest absolute Gasteiger partial charge is 0.145 e. The number of hydrogen-bond acceptors (Lipinski definition) is 3. The van der Waals surface area contributed by atoms with E-state index in [1.807, 2.05) is 37.3 Å². The molecule has 112 valence electrons. The summed E-state index contributed by atoms with van der Waals surface area (Å²) in [6, 6.07) is 10.2. The molecule has 0 bridgehead atoms. The Morgan fingerprint density at radius 3 is 2.52 bits per heavy atom. The van der Waals surface area contributed by atoms with Gasteiger partial charge in [-0.15, -0.1) is 0 Å². The Bertz CT molecular complexity index is 584. The van der Waals surface area contributed by atoms with Gasteiger partial charge in [-0.3, -0.25) is 4.98 Å². The predicted molar refractivity (Wildman–Crippen MR) is 89.9 cm³/mol. The maximum absolute atomic E-state index is 5.84. The van der Waals surface area contributed by atoms with Crippen LogP contribution in [0.5, 0.6) is 11.5 Å². The Kier molecular flexibility index (Phi) is 5.76. The average molecular weight is 349 g/mol. The normalized spacial score (nSPS) is 12.2. The van der Waals surface area contributed by atoms with Crippen LogP contribution in [0.2, 0.25) is 0 Å². The van der Waals surface area contributed by atoms with Crippen LogP contribution in [0, 0.1) is 6.92 Å². The molecule has 0 aliphatic heterocycles. The van der Waals surface area contributed by atoms with Crippen molar-refractivity contribution in [1.82, 2.24) is 10.3 Å². The minimum atomic E-state index is 0.305. The molecule has 0 spiro atoms. The highest BCUT2D eigenvalue weighted by Crippen LogP contribution is 2.26. The second-order valence-corrected chi connectivity index (χ2v) is 5.80.